The molecule has 4 rings (SSSR count). The predicted molar refractivity (Wildman–Crippen MR) is 90.1 cm³/mol. The Hall–Kier alpha value is -0.613. The van der Waals surface area contributed by atoms with E-state index in [0.717, 1.165) is 19.3 Å². The van der Waals surface area contributed by atoms with Gasteiger partial charge in [-0.15, -0.1) is 0 Å². The van der Waals surface area contributed by atoms with Gasteiger partial charge in [-0.1, -0.05) is 27.4 Å². The van der Waals surface area contributed by atoms with Gasteiger partial charge in [0, 0.05) is 5.41 Å². The van der Waals surface area contributed by atoms with Crippen LogP contribution in [0.15, 0.2) is 12.7 Å². The van der Waals surface area contributed by atoms with Crippen LogP contribution < -0.4 is 0 Å². The Bertz CT molecular complexity index is 507. The monoisotopic (exact) mass is 322 g/mol. The van der Waals surface area contributed by atoms with E-state index in [1.54, 1.807) is 0 Å². The lowest BCUT2D eigenvalue weighted by Gasteiger charge is -2.59. The van der Waals surface area contributed by atoms with Crippen LogP contribution in [0.1, 0.15) is 52.9 Å². The predicted octanol–water partition coefficient (Wildman–Crippen LogP) is 4.44. The minimum atomic E-state index is -1.86. The van der Waals surface area contributed by atoms with Crippen molar-refractivity contribution in [3.05, 3.63) is 12.7 Å². The number of rotatable bonds is 3. The van der Waals surface area contributed by atoms with E-state index in [0.29, 0.717) is 12.3 Å². The van der Waals surface area contributed by atoms with Crippen LogP contribution >= 0.6 is 0 Å². The second kappa shape index (κ2) is 4.70. The van der Waals surface area contributed by atoms with E-state index < -0.39 is 13.9 Å². The van der Waals surface area contributed by atoms with Crippen molar-refractivity contribution >= 4 is 14.3 Å². The molecule has 0 aromatic rings. The molecule has 22 heavy (non-hydrogen) atoms. The first kappa shape index (κ1) is 16.3. The molecular formula is C18H30O3Si. The maximum atomic E-state index is 12.2. The molecular weight excluding hydrogens is 292 g/mol. The van der Waals surface area contributed by atoms with Gasteiger partial charge in [-0.25, -0.2) is 0 Å². The van der Waals surface area contributed by atoms with Crippen molar-refractivity contribution in [1.29, 1.82) is 0 Å². The minimum Gasteiger partial charge on any atom is -0.454 e. The Kier molecular flexibility index (Phi) is 3.47. The second-order valence-electron chi connectivity index (χ2n) is 9.11. The van der Waals surface area contributed by atoms with E-state index in [1.165, 1.54) is 6.42 Å². The quantitative estimate of drug-likeness (QED) is 0.438. The van der Waals surface area contributed by atoms with E-state index in [-0.39, 0.29) is 22.5 Å². The molecule has 124 valence electrons. The molecule has 0 N–H and O–H groups in total. The Labute approximate surface area is 135 Å². The van der Waals surface area contributed by atoms with Crippen LogP contribution in [0.3, 0.4) is 0 Å². The van der Waals surface area contributed by atoms with Gasteiger partial charge >= 0.3 is 5.97 Å². The first-order valence-corrected chi connectivity index (χ1v) is 11.5. The van der Waals surface area contributed by atoms with E-state index >= 15 is 0 Å². The molecule has 4 atom stereocenters. The van der Waals surface area contributed by atoms with E-state index in [2.05, 4.69) is 40.4 Å². The zero-order valence-electron chi connectivity index (χ0n) is 14.7. The van der Waals surface area contributed by atoms with Gasteiger partial charge in [0.2, 0.25) is 0 Å². The average molecular weight is 323 g/mol. The highest BCUT2D eigenvalue weighted by atomic mass is 28.4. The summed E-state index contributed by atoms with van der Waals surface area (Å²) in [7, 11) is -1.86. The molecule has 0 amide bonds. The normalized spacial score (nSPS) is 41.2. The third-order valence-corrected chi connectivity index (χ3v) is 11.4. The lowest BCUT2D eigenvalue weighted by Crippen LogP contribution is -2.63. The molecule has 0 radical (unpaired) electrons. The fourth-order valence-electron chi connectivity index (χ4n) is 4.58. The summed E-state index contributed by atoms with van der Waals surface area (Å²) in [4.78, 5) is 12.2. The minimum absolute atomic E-state index is 0.0636. The summed E-state index contributed by atoms with van der Waals surface area (Å²) in [5, 5.41) is 0.181. The Balaban J connectivity index is 1.97. The number of hydrogen-bond donors (Lipinski definition) is 0. The highest BCUT2D eigenvalue weighted by Crippen LogP contribution is 2.64. The van der Waals surface area contributed by atoms with Crippen LogP contribution in [0.2, 0.25) is 18.1 Å². The van der Waals surface area contributed by atoms with Crippen molar-refractivity contribution in [2.75, 3.05) is 0 Å². The number of hydrogen-bond acceptors (Lipinski definition) is 3. The Morgan fingerprint density at radius 1 is 1.41 bits per heavy atom. The number of carbonyl (C=O) groups excluding carboxylic acids is 1. The van der Waals surface area contributed by atoms with Crippen molar-refractivity contribution in [3.63, 3.8) is 0 Å². The van der Waals surface area contributed by atoms with Gasteiger partial charge in [-0.05, 0) is 55.8 Å². The molecule has 3 nitrogen and oxygen atoms in total. The molecule has 4 aliphatic rings. The summed E-state index contributed by atoms with van der Waals surface area (Å²) in [5.41, 5.74) is -0.644. The summed E-state index contributed by atoms with van der Waals surface area (Å²) in [6.07, 6.45) is 6.82. The van der Waals surface area contributed by atoms with Gasteiger partial charge in [-0.2, -0.15) is 0 Å². The molecule has 0 aromatic carbocycles. The van der Waals surface area contributed by atoms with Crippen LogP contribution in [0.25, 0.3) is 0 Å². The maximum absolute atomic E-state index is 12.2. The van der Waals surface area contributed by atoms with Crippen molar-refractivity contribution < 1.29 is 14.0 Å². The van der Waals surface area contributed by atoms with Crippen LogP contribution in [0.5, 0.6) is 0 Å². The molecule has 3 aliphatic carbocycles. The molecule has 2 bridgehead atoms. The van der Waals surface area contributed by atoms with Gasteiger partial charge < -0.3 is 9.16 Å². The summed E-state index contributed by atoms with van der Waals surface area (Å²) in [6, 6.07) is 0. The van der Waals surface area contributed by atoms with Crippen molar-refractivity contribution in [2.45, 2.75) is 82.7 Å². The molecule has 1 heterocycles. The average Bonchev–Trinajstić information content (AvgIpc) is 2.69. The van der Waals surface area contributed by atoms with E-state index in [1.807, 2.05) is 6.08 Å². The zero-order valence-corrected chi connectivity index (χ0v) is 15.7. The highest BCUT2D eigenvalue weighted by Gasteiger charge is 2.69. The van der Waals surface area contributed by atoms with E-state index in [9.17, 15) is 4.79 Å². The lowest BCUT2D eigenvalue weighted by atomic mass is 9.51. The van der Waals surface area contributed by atoms with Gasteiger partial charge in [0.05, 0.1) is 12.5 Å². The fourth-order valence-corrected chi connectivity index (χ4v) is 5.97. The molecule has 1 aliphatic heterocycles. The SMILES string of the molecule is C=C[C@@]12C[C@H]3CC[C@]1(CC(=O)O2)[C@@H](O[Si](C)(C)C(C)(C)C)C3. The topological polar surface area (TPSA) is 35.5 Å². The summed E-state index contributed by atoms with van der Waals surface area (Å²) in [6.45, 7) is 15.5. The molecule has 0 unspecified atom stereocenters. The molecule has 0 aromatic heterocycles. The second-order valence-corrected chi connectivity index (χ2v) is 13.9. The van der Waals surface area contributed by atoms with Gasteiger partial charge in [-0.3, -0.25) is 4.79 Å². The van der Waals surface area contributed by atoms with Crippen molar-refractivity contribution in [3.8, 4) is 0 Å². The lowest BCUT2D eigenvalue weighted by molar-refractivity contribution is -0.171. The smallest absolute Gasteiger partial charge is 0.307 e. The van der Waals surface area contributed by atoms with Gasteiger partial charge in [0.1, 0.15) is 5.60 Å². The van der Waals surface area contributed by atoms with Crippen LogP contribution in [0, 0.1) is 11.3 Å². The molecule has 4 fully saturated rings. The fraction of sp³-hybridized carbons (Fsp3) is 0.833. The highest BCUT2D eigenvalue weighted by molar-refractivity contribution is 6.74. The van der Waals surface area contributed by atoms with Gasteiger partial charge in [0.15, 0.2) is 8.32 Å². The third-order valence-electron chi connectivity index (χ3n) is 6.93. The van der Waals surface area contributed by atoms with Crippen molar-refractivity contribution in [2.24, 2.45) is 11.3 Å². The van der Waals surface area contributed by atoms with Gasteiger partial charge in [0.25, 0.3) is 0 Å². The number of fused-ring (bicyclic) bond motifs is 2. The Morgan fingerprint density at radius 3 is 2.68 bits per heavy atom. The molecule has 1 saturated heterocycles. The maximum Gasteiger partial charge on any atom is 0.307 e. The summed E-state index contributed by atoms with van der Waals surface area (Å²) >= 11 is 0. The zero-order chi connectivity index (χ0) is 16.4. The molecule has 4 heteroatoms. The molecule has 3 saturated carbocycles. The van der Waals surface area contributed by atoms with E-state index in [4.69, 9.17) is 9.16 Å². The third kappa shape index (κ3) is 2.06. The summed E-state index contributed by atoms with van der Waals surface area (Å²) < 4.78 is 12.7. The standard InChI is InChI=1S/C18H30O3Si/c1-7-18-11-13-8-9-17(18,12-15(19)20-18)14(10-13)21-22(5,6)16(2,3)4/h7,13-14H,1,8-12H2,2-6H3/t13-,14-,17-,18+/m0/s1. The number of carbonyl (C=O) groups is 1. The first-order valence-electron chi connectivity index (χ1n) is 8.59. The summed E-state index contributed by atoms with van der Waals surface area (Å²) in [5.74, 6) is 0.534. The number of esters is 1. The Morgan fingerprint density at radius 2 is 2.09 bits per heavy atom. The first-order chi connectivity index (χ1) is 10.1. The molecule has 1 spiro atoms. The largest absolute Gasteiger partial charge is 0.454 e. The van der Waals surface area contributed by atoms with Crippen molar-refractivity contribution in [1.82, 2.24) is 0 Å². The van der Waals surface area contributed by atoms with Crippen LogP contribution in [0.4, 0.5) is 0 Å². The number of ether oxygens (including phenoxy) is 1. The van der Waals surface area contributed by atoms with Crippen LogP contribution in [-0.4, -0.2) is 26.0 Å². The van der Waals surface area contributed by atoms with Crippen LogP contribution in [-0.2, 0) is 14.0 Å².